The summed E-state index contributed by atoms with van der Waals surface area (Å²) in [5.74, 6) is 0.880. The van der Waals surface area contributed by atoms with Crippen LogP contribution in [0.4, 0.5) is 5.69 Å². The van der Waals surface area contributed by atoms with Crippen molar-refractivity contribution in [1.29, 1.82) is 0 Å². The fraction of sp³-hybridized carbons (Fsp3) is 0.467. The van der Waals surface area contributed by atoms with Crippen molar-refractivity contribution in [3.8, 4) is 0 Å². The topological polar surface area (TPSA) is 57.6 Å². The molecule has 1 aromatic carbocycles. The van der Waals surface area contributed by atoms with Crippen LogP contribution < -0.4 is 4.31 Å². The number of hydrogen-bond donors (Lipinski definition) is 1. The van der Waals surface area contributed by atoms with E-state index in [9.17, 15) is 8.42 Å². The highest BCUT2D eigenvalue weighted by Crippen LogP contribution is 2.52. The molecule has 4 nitrogen and oxygen atoms in total. The predicted molar refractivity (Wildman–Crippen MR) is 76.6 cm³/mol. The molecule has 0 amide bonds. The smallest absolute Gasteiger partial charge is 0.238 e. The van der Waals surface area contributed by atoms with Gasteiger partial charge in [0, 0.05) is 12.5 Å². The summed E-state index contributed by atoms with van der Waals surface area (Å²) in [7, 11) is -3.25. The third kappa shape index (κ3) is 1.53. The second-order valence-electron chi connectivity index (χ2n) is 5.98. The maximum atomic E-state index is 12.8. The molecule has 1 aromatic rings. The number of aliphatic hydroxyl groups is 1. The summed E-state index contributed by atoms with van der Waals surface area (Å²) in [4.78, 5) is 0. The number of hydrogen-bond acceptors (Lipinski definition) is 3. The number of nitrogens with zero attached hydrogens (tertiary/aromatic N) is 1. The number of anilines is 1. The van der Waals surface area contributed by atoms with Gasteiger partial charge in [-0.2, -0.15) is 0 Å². The van der Waals surface area contributed by atoms with E-state index in [1.807, 2.05) is 0 Å². The van der Waals surface area contributed by atoms with Crippen LogP contribution in [0.5, 0.6) is 0 Å². The first kappa shape index (κ1) is 12.4. The van der Waals surface area contributed by atoms with Crippen LogP contribution in [0.15, 0.2) is 36.4 Å². The molecule has 0 radical (unpaired) electrons. The van der Waals surface area contributed by atoms with Crippen LogP contribution in [0.25, 0.3) is 0 Å². The van der Waals surface area contributed by atoms with E-state index in [0.29, 0.717) is 12.5 Å². The van der Waals surface area contributed by atoms with E-state index in [2.05, 4.69) is 12.2 Å². The number of sulfonamides is 1. The first-order valence-electron chi connectivity index (χ1n) is 7.01. The third-order valence-electron chi connectivity index (χ3n) is 4.98. The van der Waals surface area contributed by atoms with Crippen LogP contribution in [0.3, 0.4) is 0 Å². The standard InChI is InChI=1S/C15H17NO3S/c17-9-10-1-5-13(6-2-10)16-8-14-11-3-4-12(7-11)15(14)20(16,18)19/h1-6,11-12,14-15,17H,7-9H2/t11-,12+,14?,15?/m1/s1. The molecule has 1 saturated carbocycles. The van der Waals surface area contributed by atoms with E-state index in [-0.39, 0.29) is 23.7 Å². The van der Waals surface area contributed by atoms with Gasteiger partial charge in [-0.3, -0.25) is 4.31 Å². The van der Waals surface area contributed by atoms with Crippen LogP contribution in [0, 0.1) is 17.8 Å². The summed E-state index contributed by atoms with van der Waals surface area (Å²) in [6.45, 7) is 0.573. The maximum absolute atomic E-state index is 12.8. The van der Waals surface area contributed by atoms with Gasteiger partial charge in [-0.25, -0.2) is 8.42 Å². The Labute approximate surface area is 118 Å². The normalized spacial score (nSPS) is 36.5. The van der Waals surface area contributed by atoms with Crippen molar-refractivity contribution in [2.75, 3.05) is 10.8 Å². The Morgan fingerprint density at radius 3 is 2.50 bits per heavy atom. The van der Waals surface area contributed by atoms with Crippen molar-refractivity contribution in [3.05, 3.63) is 42.0 Å². The quantitative estimate of drug-likeness (QED) is 0.841. The zero-order valence-electron chi connectivity index (χ0n) is 11.0. The molecule has 0 aromatic heterocycles. The maximum Gasteiger partial charge on any atom is 0.238 e. The Bertz CT molecular complexity index is 665. The number of rotatable bonds is 2. The Kier molecular flexibility index (Phi) is 2.54. The van der Waals surface area contributed by atoms with Crippen LogP contribution in [-0.2, 0) is 16.6 Å². The number of fused-ring (bicyclic) bond motifs is 5. The summed E-state index contributed by atoms with van der Waals surface area (Å²) in [6.07, 6.45) is 5.29. The van der Waals surface area contributed by atoms with Gasteiger partial charge < -0.3 is 5.11 Å². The molecule has 20 heavy (non-hydrogen) atoms. The lowest BCUT2D eigenvalue weighted by Gasteiger charge is -2.20. The first-order chi connectivity index (χ1) is 9.61. The van der Waals surface area contributed by atoms with Crippen molar-refractivity contribution in [3.63, 3.8) is 0 Å². The van der Waals surface area contributed by atoms with Gasteiger partial charge in [-0.15, -0.1) is 0 Å². The van der Waals surface area contributed by atoms with Gasteiger partial charge in [0.15, 0.2) is 0 Å². The van der Waals surface area contributed by atoms with E-state index in [4.69, 9.17) is 5.11 Å². The molecule has 0 spiro atoms. The molecule has 3 aliphatic rings. The summed E-state index contributed by atoms with van der Waals surface area (Å²) in [5.41, 5.74) is 1.52. The second-order valence-corrected chi connectivity index (χ2v) is 7.99. The molecule has 1 saturated heterocycles. The molecule has 1 heterocycles. The van der Waals surface area contributed by atoms with Crippen molar-refractivity contribution in [2.45, 2.75) is 18.3 Å². The zero-order valence-corrected chi connectivity index (χ0v) is 11.8. The fourth-order valence-corrected chi connectivity index (χ4v) is 6.49. The first-order valence-corrected chi connectivity index (χ1v) is 8.51. The summed E-state index contributed by atoms with van der Waals surface area (Å²) >= 11 is 0. The van der Waals surface area contributed by atoms with Gasteiger partial charge in [-0.05, 0) is 36.0 Å². The number of benzene rings is 1. The van der Waals surface area contributed by atoms with Gasteiger partial charge in [0.05, 0.1) is 17.5 Å². The molecule has 2 fully saturated rings. The largest absolute Gasteiger partial charge is 0.392 e. The second kappa shape index (κ2) is 4.09. The molecular weight excluding hydrogens is 274 g/mol. The molecule has 1 N–H and O–H groups in total. The molecule has 106 valence electrons. The molecule has 2 unspecified atom stereocenters. The molecule has 2 aliphatic carbocycles. The lowest BCUT2D eigenvalue weighted by Crippen LogP contribution is -2.32. The Morgan fingerprint density at radius 1 is 1.15 bits per heavy atom. The lowest BCUT2D eigenvalue weighted by atomic mass is 9.93. The Morgan fingerprint density at radius 2 is 1.85 bits per heavy atom. The van der Waals surface area contributed by atoms with Gasteiger partial charge >= 0.3 is 0 Å². The van der Waals surface area contributed by atoms with Crippen LogP contribution in [0.2, 0.25) is 0 Å². The number of allylic oxidation sites excluding steroid dienone is 2. The SMILES string of the molecule is O=S1(=O)C2C(CN1c1ccc(CO)cc1)[C@@H]1C=C[C@H]2C1. The van der Waals surface area contributed by atoms with E-state index >= 15 is 0 Å². The van der Waals surface area contributed by atoms with E-state index < -0.39 is 10.0 Å². The molecule has 5 heteroatoms. The van der Waals surface area contributed by atoms with Gasteiger partial charge in [-0.1, -0.05) is 24.3 Å². The van der Waals surface area contributed by atoms with Gasteiger partial charge in [0.25, 0.3) is 0 Å². The predicted octanol–water partition coefficient (Wildman–Crippen LogP) is 1.52. The monoisotopic (exact) mass is 291 g/mol. The lowest BCUT2D eigenvalue weighted by molar-refractivity contribution is 0.282. The highest BCUT2D eigenvalue weighted by molar-refractivity contribution is 7.93. The van der Waals surface area contributed by atoms with Crippen molar-refractivity contribution in [2.24, 2.45) is 17.8 Å². The van der Waals surface area contributed by atoms with Crippen molar-refractivity contribution >= 4 is 15.7 Å². The minimum Gasteiger partial charge on any atom is -0.392 e. The van der Waals surface area contributed by atoms with Gasteiger partial charge in [0.2, 0.25) is 10.0 Å². The molecule has 2 bridgehead atoms. The number of aliphatic hydroxyl groups excluding tert-OH is 1. The van der Waals surface area contributed by atoms with Crippen LogP contribution in [0.1, 0.15) is 12.0 Å². The minimum atomic E-state index is -3.25. The summed E-state index contributed by atoms with van der Waals surface area (Å²) < 4.78 is 27.1. The zero-order chi connectivity index (χ0) is 13.9. The van der Waals surface area contributed by atoms with E-state index in [0.717, 1.165) is 17.7 Å². The summed E-state index contributed by atoms with van der Waals surface area (Å²) in [6, 6.07) is 7.15. The molecule has 4 atom stereocenters. The molecular formula is C15H17NO3S. The van der Waals surface area contributed by atoms with Crippen LogP contribution in [-0.4, -0.2) is 25.3 Å². The average molecular weight is 291 g/mol. The van der Waals surface area contributed by atoms with Crippen molar-refractivity contribution in [1.82, 2.24) is 0 Å². The van der Waals surface area contributed by atoms with Gasteiger partial charge in [0.1, 0.15) is 0 Å². The van der Waals surface area contributed by atoms with E-state index in [1.165, 1.54) is 0 Å². The third-order valence-corrected chi connectivity index (χ3v) is 7.34. The molecule has 1 aliphatic heterocycles. The average Bonchev–Trinajstić information content (AvgIpc) is 3.11. The van der Waals surface area contributed by atoms with Crippen molar-refractivity contribution < 1.29 is 13.5 Å². The highest BCUT2D eigenvalue weighted by Gasteiger charge is 2.58. The highest BCUT2D eigenvalue weighted by atomic mass is 32.2. The molecule has 4 rings (SSSR count). The van der Waals surface area contributed by atoms with Crippen LogP contribution >= 0.6 is 0 Å². The Balaban J connectivity index is 1.70. The summed E-state index contributed by atoms with van der Waals surface area (Å²) in [5, 5.41) is 8.84. The minimum absolute atomic E-state index is 0.0215. The fourth-order valence-electron chi connectivity index (χ4n) is 4.02. The van der Waals surface area contributed by atoms with E-state index in [1.54, 1.807) is 28.6 Å². The Hall–Kier alpha value is -1.33.